The van der Waals surface area contributed by atoms with E-state index in [1.807, 2.05) is 56.3 Å². The number of nitrogens with zero attached hydrogens (tertiary/aromatic N) is 2. The zero-order valence-electron chi connectivity index (χ0n) is 17.5. The molecule has 0 spiro atoms. The van der Waals surface area contributed by atoms with Crippen molar-refractivity contribution in [3.8, 4) is 0 Å². The molecular formula is C24H21FN4OS2. The van der Waals surface area contributed by atoms with E-state index in [9.17, 15) is 9.18 Å². The Labute approximate surface area is 194 Å². The van der Waals surface area contributed by atoms with Crippen LogP contribution in [-0.2, 0) is 4.79 Å². The standard InChI is InChI=1S/C24H21FN4OS2/c1-15-12-16(2)14-18(13-15)26-22(30)21(17-8-4-3-5-9-17)31-24-29-28-23(32-24)27-20-11-7-6-10-19(20)25/h3-14,21H,1-2H3,(H,26,30)(H,27,28). The Morgan fingerprint density at radius 1 is 0.969 bits per heavy atom. The minimum atomic E-state index is -0.522. The first kappa shape index (κ1) is 22.0. The molecule has 4 aromatic rings. The van der Waals surface area contributed by atoms with Gasteiger partial charge >= 0.3 is 0 Å². The summed E-state index contributed by atoms with van der Waals surface area (Å²) in [4.78, 5) is 13.2. The number of hydrogen-bond acceptors (Lipinski definition) is 6. The zero-order valence-corrected chi connectivity index (χ0v) is 19.1. The fourth-order valence-corrected chi connectivity index (χ4v) is 5.20. The monoisotopic (exact) mass is 464 g/mol. The Bertz CT molecular complexity index is 1210. The molecule has 1 unspecified atom stereocenters. The van der Waals surface area contributed by atoms with Crippen LogP contribution in [0.15, 0.2) is 77.1 Å². The molecule has 0 saturated heterocycles. The molecule has 2 N–H and O–H groups in total. The van der Waals surface area contributed by atoms with Gasteiger partial charge in [0.1, 0.15) is 11.1 Å². The fraction of sp³-hybridized carbons (Fsp3) is 0.125. The van der Waals surface area contributed by atoms with E-state index in [0.717, 1.165) is 22.4 Å². The van der Waals surface area contributed by atoms with Gasteiger partial charge in [-0.25, -0.2) is 4.39 Å². The Morgan fingerprint density at radius 3 is 2.38 bits per heavy atom. The topological polar surface area (TPSA) is 66.9 Å². The van der Waals surface area contributed by atoms with Gasteiger partial charge in [-0.2, -0.15) is 0 Å². The number of amides is 1. The first-order valence-corrected chi connectivity index (χ1v) is 11.6. The van der Waals surface area contributed by atoms with Crippen molar-refractivity contribution in [3.63, 3.8) is 0 Å². The molecule has 1 atom stereocenters. The number of carbonyl (C=O) groups is 1. The van der Waals surface area contributed by atoms with Crippen molar-refractivity contribution < 1.29 is 9.18 Å². The maximum Gasteiger partial charge on any atom is 0.242 e. The van der Waals surface area contributed by atoms with Crippen LogP contribution in [-0.4, -0.2) is 16.1 Å². The lowest BCUT2D eigenvalue weighted by Gasteiger charge is -2.16. The molecule has 1 amide bonds. The third-order valence-corrected chi connectivity index (χ3v) is 6.75. The third kappa shape index (κ3) is 5.52. The minimum absolute atomic E-state index is 0.148. The average molecular weight is 465 g/mol. The summed E-state index contributed by atoms with van der Waals surface area (Å²) in [5, 5.41) is 14.2. The lowest BCUT2D eigenvalue weighted by atomic mass is 10.1. The second-order valence-electron chi connectivity index (χ2n) is 7.25. The second-order valence-corrected chi connectivity index (χ2v) is 9.58. The number of nitrogens with one attached hydrogen (secondary N) is 2. The molecule has 0 radical (unpaired) electrons. The van der Waals surface area contributed by atoms with E-state index in [-0.39, 0.29) is 11.7 Å². The van der Waals surface area contributed by atoms with Crippen LogP contribution < -0.4 is 10.6 Å². The van der Waals surface area contributed by atoms with Gasteiger partial charge in [0, 0.05) is 5.69 Å². The molecule has 4 rings (SSSR count). The molecule has 0 fully saturated rings. The highest BCUT2D eigenvalue weighted by Gasteiger charge is 2.24. The maximum absolute atomic E-state index is 13.9. The summed E-state index contributed by atoms with van der Waals surface area (Å²) in [7, 11) is 0. The van der Waals surface area contributed by atoms with E-state index < -0.39 is 5.25 Å². The van der Waals surface area contributed by atoms with Gasteiger partial charge in [0.15, 0.2) is 4.34 Å². The molecule has 162 valence electrons. The number of para-hydroxylation sites is 1. The molecule has 0 aliphatic rings. The van der Waals surface area contributed by atoms with Gasteiger partial charge in [0.2, 0.25) is 11.0 Å². The molecule has 0 aliphatic heterocycles. The summed E-state index contributed by atoms with van der Waals surface area (Å²) < 4.78 is 14.5. The first-order chi connectivity index (χ1) is 15.5. The van der Waals surface area contributed by atoms with Crippen LogP contribution in [0, 0.1) is 19.7 Å². The predicted octanol–water partition coefficient (Wildman–Crippen LogP) is 6.51. The SMILES string of the molecule is Cc1cc(C)cc(NC(=O)C(Sc2nnc(Nc3ccccc3F)s2)c2ccccc2)c1. The summed E-state index contributed by atoms with van der Waals surface area (Å²) >= 11 is 2.58. The molecule has 32 heavy (non-hydrogen) atoms. The Balaban J connectivity index is 1.55. The van der Waals surface area contributed by atoms with E-state index in [0.29, 0.717) is 15.2 Å². The summed E-state index contributed by atoms with van der Waals surface area (Å²) in [6.45, 7) is 3.99. The molecule has 3 aromatic carbocycles. The highest BCUT2D eigenvalue weighted by molar-refractivity contribution is 8.02. The van der Waals surface area contributed by atoms with Crippen molar-refractivity contribution in [3.05, 3.63) is 95.3 Å². The largest absolute Gasteiger partial charge is 0.328 e. The lowest BCUT2D eigenvalue weighted by molar-refractivity contribution is -0.115. The van der Waals surface area contributed by atoms with E-state index in [2.05, 4.69) is 26.9 Å². The summed E-state index contributed by atoms with van der Waals surface area (Å²) in [6.07, 6.45) is 0. The predicted molar refractivity (Wildman–Crippen MR) is 129 cm³/mol. The Morgan fingerprint density at radius 2 is 1.66 bits per heavy atom. The lowest BCUT2D eigenvalue weighted by Crippen LogP contribution is -2.19. The van der Waals surface area contributed by atoms with Crippen LogP contribution in [0.3, 0.4) is 0 Å². The highest BCUT2D eigenvalue weighted by Crippen LogP contribution is 2.39. The molecule has 5 nitrogen and oxygen atoms in total. The molecule has 1 heterocycles. The Kier molecular flexibility index (Phi) is 6.82. The highest BCUT2D eigenvalue weighted by atomic mass is 32.2. The molecule has 1 aromatic heterocycles. The van der Waals surface area contributed by atoms with Crippen molar-refractivity contribution in [1.29, 1.82) is 0 Å². The van der Waals surface area contributed by atoms with Gasteiger partial charge in [0.25, 0.3) is 0 Å². The van der Waals surface area contributed by atoms with E-state index in [1.54, 1.807) is 18.2 Å². The number of rotatable bonds is 7. The van der Waals surface area contributed by atoms with Crippen molar-refractivity contribution in [2.75, 3.05) is 10.6 Å². The molecule has 8 heteroatoms. The number of aryl methyl sites for hydroxylation is 2. The summed E-state index contributed by atoms with van der Waals surface area (Å²) in [6, 6.07) is 21.9. The fourth-order valence-electron chi connectivity index (χ4n) is 3.24. The number of hydrogen-bond donors (Lipinski definition) is 2. The van der Waals surface area contributed by atoms with Gasteiger partial charge in [0.05, 0.1) is 5.69 Å². The number of halogens is 1. The Hall–Kier alpha value is -3.23. The number of thioether (sulfide) groups is 1. The molecule has 0 bridgehead atoms. The van der Waals surface area contributed by atoms with Crippen LogP contribution in [0.1, 0.15) is 21.9 Å². The van der Waals surface area contributed by atoms with Crippen molar-refractivity contribution in [2.24, 2.45) is 0 Å². The van der Waals surface area contributed by atoms with Crippen LogP contribution in [0.25, 0.3) is 0 Å². The molecule has 0 aliphatic carbocycles. The van der Waals surface area contributed by atoms with Crippen LogP contribution in [0.4, 0.5) is 20.9 Å². The van der Waals surface area contributed by atoms with E-state index >= 15 is 0 Å². The van der Waals surface area contributed by atoms with Crippen LogP contribution >= 0.6 is 23.1 Å². The van der Waals surface area contributed by atoms with E-state index in [1.165, 1.54) is 29.2 Å². The number of carbonyl (C=O) groups excluding carboxylic acids is 1. The normalized spacial score (nSPS) is 11.7. The van der Waals surface area contributed by atoms with Crippen LogP contribution in [0.2, 0.25) is 0 Å². The number of aromatic nitrogens is 2. The maximum atomic E-state index is 13.9. The molecular weight excluding hydrogens is 443 g/mol. The van der Waals surface area contributed by atoms with Gasteiger partial charge < -0.3 is 10.6 Å². The molecule has 0 saturated carbocycles. The third-order valence-electron chi connectivity index (χ3n) is 4.57. The van der Waals surface area contributed by atoms with Crippen molar-refractivity contribution in [2.45, 2.75) is 23.4 Å². The average Bonchev–Trinajstić information content (AvgIpc) is 3.20. The smallest absolute Gasteiger partial charge is 0.242 e. The number of benzene rings is 3. The van der Waals surface area contributed by atoms with Crippen LogP contribution in [0.5, 0.6) is 0 Å². The van der Waals surface area contributed by atoms with E-state index in [4.69, 9.17) is 0 Å². The number of anilines is 3. The summed E-state index contributed by atoms with van der Waals surface area (Å²) in [5.41, 5.74) is 4.10. The van der Waals surface area contributed by atoms with Crippen molar-refractivity contribution >= 4 is 45.5 Å². The zero-order chi connectivity index (χ0) is 22.5. The van der Waals surface area contributed by atoms with Gasteiger partial charge in [-0.1, -0.05) is 71.6 Å². The van der Waals surface area contributed by atoms with Gasteiger partial charge in [-0.15, -0.1) is 10.2 Å². The first-order valence-electron chi connectivity index (χ1n) is 9.94. The minimum Gasteiger partial charge on any atom is -0.328 e. The quantitative estimate of drug-likeness (QED) is 0.305. The van der Waals surface area contributed by atoms with Gasteiger partial charge in [-0.05, 0) is 54.8 Å². The van der Waals surface area contributed by atoms with Crippen molar-refractivity contribution in [1.82, 2.24) is 10.2 Å². The summed E-state index contributed by atoms with van der Waals surface area (Å²) in [5.74, 6) is -0.517. The van der Waals surface area contributed by atoms with Gasteiger partial charge in [-0.3, -0.25) is 4.79 Å². The second kappa shape index (κ2) is 9.93.